The largest absolute Gasteiger partial charge is 0.416 e. The number of hydrogen-bond acceptors (Lipinski definition) is 3. The van der Waals surface area contributed by atoms with Crippen LogP contribution in [0.25, 0.3) is 0 Å². The molecule has 0 radical (unpaired) electrons. The molecule has 0 spiro atoms. The van der Waals surface area contributed by atoms with Gasteiger partial charge in [0, 0.05) is 25.3 Å². The second kappa shape index (κ2) is 6.98. The van der Waals surface area contributed by atoms with Gasteiger partial charge in [-0.05, 0) is 36.5 Å². The Morgan fingerprint density at radius 3 is 2.32 bits per heavy atom. The fraction of sp³-hybridized carbons (Fsp3) is 0.625. The van der Waals surface area contributed by atoms with Crippen LogP contribution in [0.3, 0.4) is 0 Å². The zero-order chi connectivity index (χ0) is 16.2. The van der Waals surface area contributed by atoms with Crippen LogP contribution < -0.4 is 5.32 Å². The van der Waals surface area contributed by atoms with Gasteiger partial charge in [0.25, 0.3) is 0 Å². The fourth-order valence-electron chi connectivity index (χ4n) is 2.64. The molecule has 1 aliphatic heterocycles. The van der Waals surface area contributed by atoms with Crippen molar-refractivity contribution >= 4 is 0 Å². The van der Waals surface area contributed by atoms with Gasteiger partial charge in [-0.25, -0.2) is 0 Å². The molecule has 0 aliphatic carbocycles. The summed E-state index contributed by atoms with van der Waals surface area (Å²) in [6.45, 7) is 3.83. The highest BCUT2D eigenvalue weighted by Gasteiger charge is 2.32. The molecule has 0 bridgehead atoms. The van der Waals surface area contributed by atoms with Gasteiger partial charge in [0.05, 0.1) is 12.2 Å². The van der Waals surface area contributed by atoms with Gasteiger partial charge in [-0.2, -0.15) is 13.2 Å². The normalized spacial score (nSPS) is 19.9. The first-order chi connectivity index (χ1) is 10.4. The fourth-order valence-corrected chi connectivity index (χ4v) is 2.64. The van der Waals surface area contributed by atoms with Crippen molar-refractivity contribution in [3.05, 3.63) is 35.4 Å². The highest BCUT2D eigenvalue weighted by atomic mass is 19.4. The van der Waals surface area contributed by atoms with Gasteiger partial charge in [-0.15, -0.1) is 0 Å². The molecule has 2 N–H and O–H groups in total. The lowest BCUT2D eigenvalue weighted by atomic mass is 9.89. The van der Waals surface area contributed by atoms with Crippen LogP contribution in [0.15, 0.2) is 24.3 Å². The molecular weight excluding hydrogens is 295 g/mol. The Morgan fingerprint density at radius 1 is 1.23 bits per heavy atom. The topological polar surface area (TPSA) is 41.5 Å². The minimum atomic E-state index is -4.30. The highest BCUT2D eigenvalue weighted by Crippen LogP contribution is 2.30. The quantitative estimate of drug-likeness (QED) is 0.877. The minimum absolute atomic E-state index is 0.0378. The molecule has 0 saturated carbocycles. The van der Waals surface area contributed by atoms with E-state index in [0.29, 0.717) is 19.8 Å². The smallest absolute Gasteiger partial charge is 0.394 e. The highest BCUT2D eigenvalue weighted by molar-refractivity contribution is 5.27. The number of aliphatic hydroxyl groups excluding tert-OH is 1. The summed E-state index contributed by atoms with van der Waals surface area (Å²) in [5.41, 5.74) is -0.119. The van der Waals surface area contributed by atoms with E-state index in [1.807, 2.05) is 6.92 Å². The summed E-state index contributed by atoms with van der Waals surface area (Å²) < 4.78 is 43.0. The van der Waals surface area contributed by atoms with Crippen LogP contribution in [-0.2, 0) is 10.9 Å². The number of rotatable bonds is 5. The molecule has 6 heteroatoms. The van der Waals surface area contributed by atoms with Crippen LogP contribution in [0.1, 0.15) is 36.8 Å². The maximum Gasteiger partial charge on any atom is 0.416 e. The molecular formula is C16H22F3NO2. The van der Waals surface area contributed by atoms with E-state index in [-0.39, 0.29) is 18.1 Å². The molecule has 3 nitrogen and oxygen atoms in total. The van der Waals surface area contributed by atoms with Crippen LogP contribution in [0.4, 0.5) is 13.2 Å². The SMILES string of the molecule is C[C@H](CNC1(CO)CCOCC1)c1ccc(C(F)(F)F)cc1. The van der Waals surface area contributed by atoms with E-state index >= 15 is 0 Å². The molecule has 1 fully saturated rings. The summed E-state index contributed by atoms with van der Waals surface area (Å²) in [5.74, 6) is 0.0635. The van der Waals surface area contributed by atoms with Crippen LogP contribution >= 0.6 is 0 Å². The first kappa shape index (κ1) is 17.2. The van der Waals surface area contributed by atoms with E-state index in [0.717, 1.165) is 30.5 Å². The molecule has 1 aliphatic rings. The van der Waals surface area contributed by atoms with E-state index in [1.54, 1.807) is 0 Å². The number of alkyl halides is 3. The van der Waals surface area contributed by atoms with Crippen molar-refractivity contribution in [2.45, 2.75) is 37.4 Å². The molecule has 0 amide bonds. The molecule has 0 aromatic heterocycles. The van der Waals surface area contributed by atoms with Crippen LogP contribution in [0.2, 0.25) is 0 Å². The molecule has 124 valence electrons. The Hall–Kier alpha value is -1.11. The lowest BCUT2D eigenvalue weighted by molar-refractivity contribution is -0.137. The third kappa shape index (κ3) is 4.21. The van der Waals surface area contributed by atoms with E-state index < -0.39 is 11.7 Å². The van der Waals surface area contributed by atoms with Gasteiger partial charge in [-0.3, -0.25) is 0 Å². The Labute approximate surface area is 128 Å². The van der Waals surface area contributed by atoms with Gasteiger partial charge in [0.1, 0.15) is 0 Å². The standard InChI is InChI=1S/C16H22F3NO2/c1-12(10-20-15(11-21)6-8-22-9-7-15)13-2-4-14(5-3-13)16(17,18)19/h2-5,12,20-21H,6-11H2,1H3/t12-/m1/s1. The van der Waals surface area contributed by atoms with Gasteiger partial charge in [0.2, 0.25) is 0 Å². The summed E-state index contributed by atoms with van der Waals surface area (Å²) in [7, 11) is 0. The zero-order valence-electron chi connectivity index (χ0n) is 12.6. The maximum atomic E-state index is 12.6. The van der Waals surface area contributed by atoms with Crippen molar-refractivity contribution in [2.75, 3.05) is 26.4 Å². The number of ether oxygens (including phenoxy) is 1. The van der Waals surface area contributed by atoms with E-state index in [4.69, 9.17) is 4.74 Å². The number of hydrogen-bond donors (Lipinski definition) is 2. The van der Waals surface area contributed by atoms with Gasteiger partial charge >= 0.3 is 6.18 Å². The summed E-state index contributed by atoms with van der Waals surface area (Å²) in [5, 5.41) is 13.0. The van der Waals surface area contributed by atoms with Crippen molar-refractivity contribution < 1.29 is 23.0 Å². The summed E-state index contributed by atoms with van der Waals surface area (Å²) in [4.78, 5) is 0. The summed E-state index contributed by atoms with van der Waals surface area (Å²) in [6, 6.07) is 5.26. The van der Waals surface area contributed by atoms with Crippen LogP contribution in [-0.4, -0.2) is 37.0 Å². The number of halogens is 3. The predicted molar refractivity (Wildman–Crippen MR) is 77.7 cm³/mol. The third-order valence-electron chi connectivity index (χ3n) is 4.34. The van der Waals surface area contributed by atoms with Crippen molar-refractivity contribution in [1.82, 2.24) is 5.32 Å². The van der Waals surface area contributed by atoms with Gasteiger partial charge < -0.3 is 15.2 Å². The third-order valence-corrected chi connectivity index (χ3v) is 4.34. The van der Waals surface area contributed by atoms with Crippen molar-refractivity contribution in [2.24, 2.45) is 0 Å². The average Bonchev–Trinajstić information content (AvgIpc) is 2.53. The van der Waals surface area contributed by atoms with E-state index in [9.17, 15) is 18.3 Å². The first-order valence-electron chi connectivity index (χ1n) is 7.47. The Balaban J connectivity index is 1.95. The lowest BCUT2D eigenvalue weighted by Crippen LogP contribution is -2.53. The van der Waals surface area contributed by atoms with Crippen molar-refractivity contribution in [1.29, 1.82) is 0 Å². The zero-order valence-corrected chi connectivity index (χ0v) is 12.6. The molecule has 2 rings (SSSR count). The van der Waals surface area contributed by atoms with Gasteiger partial charge in [-0.1, -0.05) is 19.1 Å². The number of aliphatic hydroxyl groups is 1. The van der Waals surface area contributed by atoms with Crippen LogP contribution in [0, 0.1) is 0 Å². The average molecular weight is 317 g/mol. The lowest BCUT2D eigenvalue weighted by Gasteiger charge is -2.37. The molecule has 1 saturated heterocycles. The first-order valence-corrected chi connectivity index (χ1v) is 7.47. The summed E-state index contributed by atoms with van der Waals surface area (Å²) in [6.07, 6.45) is -2.82. The molecule has 0 unspecified atom stereocenters. The van der Waals surface area contributed by atoms with E-state index in [1.165, 1.54) is 12.1 Å². The number of benzene rings is 1. The van der Waals surface area contributed by atoms with Gasteiger partial charge in [0.15, 0.2) is 0 Å². The predicted octanol–water partition coefficient (Wildman–Crippen LogP) is 2.94. The molecule has 1 aromatic carbocycles. The Morgan fingerprint density at radius 2 is 1.82 bits per heavy atom. The molecule has 1 aromatic rings. The van der Waals surface area contributed by atoms with Crippen LogP contribution in [0.5, 0.6) is 0 Å². The molecule has 22 heavy (non-hydrogen) atoms. The second-order valence-corrected chi connectivity index (χ2v) is 5.95. The van der Waals surface area contributed by atoms with E-state index in [2.05, 4.69) is 5.32 Å². The van der Waals surface area contributed by atoms with Crippen molar-refractivity contribution in [3.63, 3.8) is 0 Å². The number of nitrogens with one attached hydrogen (secondary N) is 1. The second-order valence-electron chi connectivity index (χ2n) is 5.95. The monoisotopic (exact) mass is 317 g/mol. The Bertz CT molecular complexity index is 467. The van der Waals surface area contributed by atoms with Crippen molar-refractivity contribution in [3.8, 4) is 0 Å². The summed E-state index contributed by atoms with van der Waals surface area (Å²) >= 11 is 0. The molecule has 1 atom stereocenters. The molecule has 1 heterocycles. The maximum absolute atomic E-state index is 12.6. The Kier molecular flexibility index (Phi) is 5.47. The minimum Gasteiger partial charge on any atom is -0.394 e.